The van der Waals surface area contributed by atoms with Crippen molar-refractivity contribution in [2.45, 2.75) is 46.0 Å². The molecule has 1 aliphatic carbocycles. The van der Waals surface area contributed by atoms with Crippen LogP contribution in [0.2, 0.25) is 0 Å². The number of hydrogen-bond acceptors (Lipinski definition) is 2. The molecule has 0 unspecified atom stereocenters. The van der Waals surface area contributed by atoms with Crippen molar-refractivity contribution in [3.63, 3.8) is 0 Å². The van der Waals surface area contributed by atoms with E-state index in [-0.39, 0.29) is 0 Å². The molecule has 1 spiro atoms. The summed E-state index contributed by atoms with van der Waals surface area (Å²) < 4.78 is 5.43. The predicted octanol–water partition coefficient (Wildman–Crippen LogP) is 4.41. The highest BCUT2D eigenvalue weighted by molar-refractivity contribution is 5.36. The topological polar surface area (TPSA) is 35.2 Å². The largest absolute Gasteiger partial charge is 0.402 e. The summed E-state index contributed by atoms with van der Waals surface area (Å²) >= 11 is 0. The smallest absolute Gasteiger partial charge is 0.0544 e. The van der Waals surface area contributed by atoms with Crippen molar-refractivity contribution in [3.8, 4) is 0 Å². The van der Waals surface area contributed by atoms with Gasteiger partial charge in [0, 0.05) is 11.1 Å². The molecular weight excluding hydrogens is 258 g/mol. The Bertz CT molecular complexity index is 508. The Morgan fingerprint density at radius 2 is 2.05 bits per heavy atom. The molecule has 2 N–H and O–H groups in total. The second-order valence-corrected chi connectivity index (χ2v) is 6.33. The van der Waals surface area contributed by atoms with Gasteiger partial charge < -0.3 is 10.5 Å². The monoisotopic (exact) mass is 285 g/mol. The fraction of sp³-hybridized carbons (Fsp3) is 0.526. The number of hydrogen-bond donors (Lipinski definition) is 1. The summed E-state index contributed by atoms with van der Waals surface area (Å²) in [4.78, 5) is 0. The van der Waals surface area contributed by atoms with E-state index in [4.69, 9.17) is 10.5 Å². The maximum Gasteiger partial charge on any atom is 0.0544 e. The van der Waals surface area contributed by atoms with Gasteiger partial charge in [0.05, 0.1) is 13.2 Å². The molecule has 0 amide bonds. The average Bonchev–Trinajstić information content (AvgIpc) is 2.64. The molecule has 2 nitrogen and oxygen atoms in total. The zero-order valence-electron chi connectivity index (χ0n) is 13.3. The third-order valence-corrected chi connectivity index (χ3v) is 4.32. The Balaban J connectivity index is 2.11. The van der Waals surface area contributed by atoms with Gasteiger partial charge in [0.2, 0.25) is 0 Å². The molecule has 0 radical (unpaired) electrons. The summed E-state index contributed by atoms with van der Waals surface area (Å²) in [6.07, 6.45) is 16.6. The minimum Gasteiger partial charge on any atom is -0.402 e. The third kappa shape index (κ3) is 4.77. The van der Waals surface area contributed by atoms with Gasteiger partial charge in [-0.15, -0.1) is 5.73 Å². The average molecular weight is 285 g/mol. The van der Waals surface area contributed by atoms with Gasteiger partial charge in [-0.2, -0.15) is 0 Å². The van der Waals surface area contributed by atoms with Gasteiger partial charge in [-0.3, -0.25) is 0 Å². The second-order valence-electron chi connectivity index (χ2n) is 6.33. The minimum atomic E-state index is 0.492. The van der Waals surface area contributed by atoms with E-state index in [2.05, 4.69) is 17.9 Å². The van der Waals surface area contributed by atoms with Crippen molar-refractivity contribution in [1.82, 2.24) is 0 Å². The lowest BCUT2D eigenvalue weighted by Gasteiger charge is -2.40. The van der Waals surface area contributed by atoms with Crippen LogP contribution in [0.1, 0.15) is 46.0 Å². The highest BCUT2D eigenvalue weighted by Crippen LogP contribution is 2.42. The zero-order valence-corrected chi connectivity index (χ0v) is 13.3. The first-order valence-corrected chi connectivity index (χ1v) is 7.92. The molecular formula is C19H27NO. The number of allylic oxidation sites excluding steroid dienone is 7. The fourth-order valence-electron chi connectivity index (χ4n) is 2.97. The molecule has 0 bridgehead atoms. The van der Waals surface area contributed by atoms with Gasteiger partial charge in [0.25, 0.3) is 0 Å². The number of rotatable bonds is 3. The van der Waals surface area contributed by atoms with Crippen LogP contribution in [0.15, 0.2) is 53.0 Å². The van der Waals surface area contributed by atoms with Crippen LogP contribution in [0, 0.1) is 5.41 Å². The Morgan fingerprint density at radius 3 is 2.67 bits per heavy atom. The normalized spacial score (nSPS) is 24.2. The highest BCUT2D eigenvalue weighted by atomic mass is 16.5. The van der Waals surface area contributed by atoms with E-state index in [1.165, 1.54) is 37.7 Å². The van der Waals surface area contributed by atoms with Gasteiger partial charge >= 0.3 is 0 Å². The molecule has 2 heteroatoms. The number of nitrogens with two attached hydrogens (primary N) is 1. The van der Waals surface area contributed by atoms with Gasteiger partial charge in [0.15, 0.2) is 0 Å². The summed E-state index contributed by atoms with van der Waals surface area (Å²) in [7, 11) is 0. The van der Waals surface area contributed by atoms with Crippen molar-refractivity contribution in [2.24, 2.45) is 11.1 Å². The lowest BCUT2D eigenvalue weighted by molar-refractivity contribution is -0.120. The molecule has 2 rings (SSSR count). The second kappa shape index (κ2) is 7.49. The molecule has 2 fully saturated rings. The molecule has 2 aliphatic rings. The Morgan fingerprint density at radius 1 is 1.24 bits per heavy atom. The quantitative estimate of drug-likeness (QED) is 0.615. The van der Waals surface area contributed by atoms with Crippen molar-refractivity contribution in [1.29, 1.82) is 0 Å². The van der Waals surface area contributed by atoms with Crippen LogP contribution in [0.5, 0.6) is 0 Å². The van der Waals surface area contributed by atoms with E-state index in [1.807, 2.05) is 32.1 Å². The Kier molecular flexibility index (Phi) is 5.67. The summed E-state index contributed by atoms with van der Waals surface area (Å²) in [6, 6.07) is 0. The first-order chi connectivity index (χ1) is 10.1. The third-order valence-electron chi connectivity index (χ3n) is 4.32. The van der Waals surface area contributed by atoms with E-state index in [0.29, 0.717) is 5.41 Å². The highest BCUT2D eigenvalue weighted by Gasteiger charge is 2.38. The van der Waals surface area contributed by atoms with Crippen molar-refractivity contribution in [2.75, 3.05) is 13.2 Å². The van der Waals surface area contributed by atoms with Crippen LogP contribution >= 0.6 is 0 Å². The summed E-state index contributed by atoms with van der Waals surface area (Å²) in [6.45, 7) is 5.83. The van der Waals surface area contributed by atoms with Crippen LogP contribution in [-0.4, -0.2) is 13.2 Å². The zero-order chi connectivity index (χ0) is 15.1. The van der Waals surface area contributed by atoms with Crippen molar-refractivity contribution in [3.05, 3.63) is 53.0 Å². The lowest BCUT2D eigenvalue weighted by Crippen LogP contribution is -2.41. The molecule has 1 aliphatic heterocycles. The standard InChI is InChI=1S/C19H27NO/c1-3-4-6-17(9-8-16(2)20)13-18-7-5-11-19(12-10-18)14-21-15-19/h3,6,8-9,13H,5,7,10-12,14-15,20H2,1-2H3/b16-8+,17-9+,18-13-. The Hall–Kier alpha value is -1.50. The van der Waals surface area contributed by atoms with Gasteiger partial charge in [-0.05, 0) is 69.8 Å². The molecule has 0 aromatic heterocycles. The maximum atomic E-state index is 5.73. The van der Waals surface area contributed by atoms with Crippen LogP contribution in [0.3, 0.4) is 0 Å². The van der Waals surface area contributed by atoms with Gasteiger partial charge in [-0.1, -0.05) is 17.7 Å². The first kappa shape index (κ1) is 15.9. The Labute approximate surface area is 128 Å². The summed E-state index contributed by atoms with van der Waals surface area (Å²) in [5, 5.41) is 0. The van der Waals surface area contributed by atoms with Crippen LogP contribution in [0.4, 0.5) is 0 Å². The SMILES string of the molecule is CC=C=CC(=C\C=C(/C)N)/C=C1/CCCC2(CC1)COC2. The molecule has 0 aromatic rings. The molecule has 1 saturated carbocycles. The molecule has 114 valence electrons. The van der Waals surface area contributed by atoms with E-state index in [9.17, 15) is 0 Å². The van der Waals surface area contributed by atoms with Gasteiger partial charge in [-0.25, -0.2) is 0 Å². The predicted molar refractivity (Wildman–Crippen MR) is 88.8 cm³/mol. The lowest BCUT2D eigenvalue weighted by atomic mass is 9.79. The van der Waals surface area contributed by atoms with Crippen molar-refractivity contribution < 1.29 is 4.74 Å². The fourth-order valence-corrected chi connectivity index (χ4v) is 2.97. The van der Waals surface area contributed by atoms with E-state index < -0.39 is 0 Å². The minimum absolute atomic E-state index is 0.492. The molecule has 1 saturated heterocycles. The molecule has 0 aromatic carbocycles. The van der Waals surface area contributed by atoms with Crippen LogP contribution in [-0.2, 0) is 4.74 Å². The van der Waals surface area contributed by atoms with Crippen LogP contribution < -0.4 is 5.73 Å². The van der Waals surface area contributed by atoms with E-state index >= 15 is 0 Å². The van der Waals surface area contributed by atoms with Crippen LogP contribution in [0.25, 0.3) is 0 Å². The first-order valence-electron chi connectivity index (χ1n) is 7.92. The summed E-state index contributed by atoms with van der Waals surface area (Å²) in [5.74, 6) is 0. The molecule has 0 atom stereocenters. The van der Waals surface area contributed by atoms with Gasteiger partial charge in [0.1, 0.15) is 0 Å². The summed E-state index contributed by atoms with van der Waals surface area (Å²) in [5.41, 5.74) is 12.9. The maximum absolute atomic E-state index is 5.73. The number of ether oxygens (including phenoxy) is 1. The van der Waals surface area contributed by atoms with E-state index in [0.717, 1.165) is 18.9 Å². The van der Waals surface area contributed by atoms with E-state index in [1.54, 1.807) is 5.57 Å². The van der Waals surface area contributed by atoms with Crippen molar-refractivity contribution >= 4 is 0 Å². The molecule has 1 heterocycles. The molecule has 21 heavy (non-hydrogen) atoms.